The van der Waals surface area contributed by atoms with Crippen molar-refractivity contribution in [2.45, 2.75) is 6.92 Å². The van der Waals surface area contributed by atoms with Gasteiger partial charge in [-0.2, -0.15) is 0 Å². The van der Waals surface area contributed by atoms with Crippen LogP contribution in [0.25, 0.3) is 0 Å². The van der Waals surface area contributed by atoms with Gasteiger partial charge in [-0.25, -0.2) is 4.39 Å². The number of aliphatic hydroxyl groups is 1. The van der Waals surface area contributed by atoms with Gasteiger partial charge in [-0.15, -0.1) is 0 Å². The highest BCUT2D eigenvalue weighted by atomic mass is 19.1. The van der Waals surface area contributed by atoms with Crippen molar-refractivity contribution in [3.8, 4) is 11.8 Å². The molecule has 5 nitrogen and oxygen atoms in total. The van der Waals surface area contributed by atoms with Crippen molar-refractivity contribution < 1.29 is 19.1 Å². The Hall–Kier alpha value is -2.39. The summed E-state index contributed by atoms with van der Waals surface area (Å²) < 4.78 is 13.7. The molecule has 0 aliphatic heterocycles. The van der Waals surface area contributed by atoms with E-state index in [0.717, 1.165) is 6.07 Å². The molecule has 0 radical (unpaired) electrons. The number of nitrogens with two attached hydrogens (primary N) is 1. The van der Waals surface area contributed by atoms with E-state index < -0.39 is 17.6 Å². The van der Waals surface area contributed by atoms with Gasteiger partial charge in [0.15, 0.2) is 0 Å². The number of nitrogens with zero attached hydrogens (tertiary/aromatic N) is 1. The summed E-state index contributed by atoms with van der Waals surface area (Å²) in [5.74, 6) is 2.98. The van der Waals surface area contributed by atoms with Gasteiger partial charge in [0, 0.05) is 12.1 Å². The van der Waals surface area contributed by atoms with Crippen molar-refractivity contribution in [3.05, 3.63) is 35.1 Å². The fraction of sp³-hybridized carbons (Fsp3) is 0.286. The summed E-state index contributed by atoms with van der Waals surface area (Å²) in [6.07, 6.45) is 0. The minimum absolute atomic E-state index is 0.0912. The van der Waals surface area contributed by atoms with Crippen molar-refractivity contribution in [1.82, 2.24) is 4.90 Å². The van der Waals surface area contributed by atoms with Crippen LogP contribution < -0.4 is 5.73 Å². The van der Waals surface area contributed by atoms with E-state index in [0.29, 0.717) is 0 Å². The average molecular weight is 278 g/mol. The summed E-state index contributed by atoms with van der Waals surface area (Å²) in [6, 6.07) is 3.81. The predicted octanol–water partition coefficient (Wildman–Crippen LogP) is 0.117. The Bertz CT molecular complexity index is 576. The van der Waals surface area contributed by atoms with E-state index in [1.54, 1.807) is 6.92 Å². The zero-order valence-electron chi connectivity index (χ0n) is 11.0. The molecule has 0 spiro atoms. The summed E-state index contributed by atoms with van der Waals surface area (Å²) in [6.45, 7) is 1.39. The van der Waals surface area contributed by atoms with Crippen molar-refractivity contribution in [2.75, 3.05) is 19.7 Å². The van der Waals surface area contributed by atoms with Crippen LogP contribution in [0.4, 0.5) is 4.39 Å². The topological polar surface area (TPSA) is 83.6 Å². The zero-order chi connectivity index (χ0) is 15.1. The van der Waals surface area contributed by atoms with E-state index in [1.165, 1.54) is 17.0 Å². The van der Waals surface area contributed by atoms with Gasteiger partial charge in [0.1, 0.15) is 12.4 Å². The number of likely N-dealkylation sites (N-methyl/N-ethyl adjacent to an activating group) is 1. The van der Waals surface area contributed by atoms with E-state index in [9.17, 15) is 14.0 Å². The Morgan fingerprint density at radius 3 is 2.65 bits per heavy atom. The Morgan fingerprint density at radius 2 is 2.15 bits per heavy atom. The minimum Gasteiger partial charge on any atom is -0.384 e. The fourth-order valence-electron chi connectivity index (χ4n) is 1.58. The van der Waals surface area contributed by atoms with E-state index in [-0.39, 0.29) is 30.8 Å². The van der Waals surface area contributed by atoms with Crippen molar-refractivity contribution in [3.63, 3.8) is 0 Å². The van der Waals surface area contributed by atoms with Gasteiger partial charge in [-0.3, -0.25) is 9.59 Å². The van der Waals surface area contributed by atoms with Crippen LogP contribution in [0, 0.1) is 17.7 Å². The summed E-state index contributed by atoms with van der Waals surface area (Å²) in [5, 5.41) is 8.55. The number of benzene rings is 1. The molecule has 0 atom stereocenters. The molecule has 1 rings (SSSR count). The van der Waals surface area contributed by atoms with E-state index in [4.69, 9.17) is 10.8 Å². The van der Waals surface area contributed by atoms with Crippen LogP contribution in [-0.2, 0) is 4.79 Å². The molecular formula is C14H15FN2O3. The second-order valence-corrected chi connectivity index (χ2v) is 3.94. The van der Waals surface area contributed by atoms with Crippen molar-refractivity contribution in [2.24, 2.45) is 5.73 Å². The van der Waals surface area contributed by atoms with Crippen molar-refractivity contribution in [1.29, 1.82) is 0 Å². The largest absolute Gasteiger partial charge is 0.384 e. The molecule has 0 bridgehead atoms. The summed E-state index contributed by atoms with van der Waals surface area (Å²) in [5.41, 5.74) is 5.25. The molecule has 3 N–H and O–H groups in total. The number of amides is 2. The number of rotatable bonds is 4. The van der Waals surface area contributed by atoms with Crippen LogP contribution in [0.1, 0.15) is 22.8 Å². The first kappa shape index (κ1) is 15.7. The van der Waals surface area contributed by atoms with Gasteiger partial charge in [0.25, 0.3) is 5.91 Å². The summed E-state index contributed by atoms with van der Waals surface area (Å²) >= 11 is 0. The average Bonchev–Trinajstić information content (AvgIpc) is 2.42. The second-order valence-electron chi connectivity index (χ2n) is 3.94. The number of primary amides is 1. The highest BCUT2D eigenvalue weighted by molar-refractivity contribution is 5.96. The normalized spacial score (nSPS) is 9.55. The summed E-state index contributed by atoms with van der Waals surface area (Å²) in [7, 11) is 0. The van der Waals surface area contributed by atoms with Gasteiger partial charge in [0.05, 0.1) is 12.1 Å². The molecule has 0 fully saturated rings. The fourth-order valence-corrected chi connectivity index (χ4v) is 1.58. The maximum atomic E-state index is 13.7. The first-order valence-corrected chi connectivity index (χ1v) is 5.96. The molecule has 0 aliphatic rings. The lowest BCUT2D eigenvalue weighted by Crippen LogP contribution is -2.38. The standard InChI is InChI=1S/C14H15FN2O3/c1-2-17(9-13(16)19)14(20)11-6-5-10(4-3-7-18)12(15)8-11/h5-6,8,18H,2,7,9H2,1H3,(H2,16,19). The molecule has 1 aromatic rings. The van der Waals surface area contributed by atoms with E-state index >= 15 is 0 Å². The molecule has 2 amide bonds. The number of carbonyl (C=O) groups is 2. The third kappa shape index (κ3) is 4.07. The molecule has 0 aliphatic carbocycles. The molecular weight excluding hydrogens is 263 g/mol. The smallest absolute Gasteiger partial charge is 0.254 e. The predicted molar refractivity (Wildman–Crippen MR) is 71.1 cm³/mol. The Kier molecular flexibility index (Phi) is 5.69. The Balaban J connectivity index is 2.99. The number of hydrogen-bond donors (Lipinski definition) is 2. The Labute approximate surface area is 116 Å². The van der Waals surface area contributed by atoms with Gasteiger partial charge >= 0.3 is 0 Å². The maximum Gasteiger partial charge on any atom is 0.254 e. The highest BCUT2D eigenvalue weighted by Gasteiger charge is 2.17. The molecule has 20 heavy (non-hydrogen) atoms. The van der Waals surface area contributed by atoms with Crippen LogP contribution in [-0.4, -0.2) is 41.5 Å². The van der Waals surface area contributed by atoms with Gasteiger partial charge < -0.3 is 15.7 Å². The SMILES string of the molecule is CCN(CC(N)=O)C(=O)c1ccc(C#CCO)c(F)c1. The van der Waals surface area contributed by atoms with Crippen LogP contribution >= 0.6 is 0 Å². The minimum atomic E-state index is -0.660. The van der Waals surface area contributed by atoms with Gasteiger partial charge in [0.2, 0.25) is 5.91 Å². The maximum absolute atomic E-state index is 13.7. The quantitative estimate of drug-likeness (QED) is 0.767. The molecule has 0 aromatic heterocycles. The Morgan fingerprint density at radius 1 is 1.45 bits per heavy atom. The molecule has 0 saturated carbocycles. The number of carbonyl (C=O) groups excluding carboxylic acids is 2. The van der Waals surface area contributed by atoms with Crippen LogP contribution in [0.5, 0.6) is 0 Å². The number of hydrogen-bond acceptors (Lipinski definition) is 3. The first-order valence-electron chi connectivity index (χ1n) is 5.96. The highest BCUT2D eigenvalue weighted by Crippen LogP contribution is 2.11. The van der Waals surface area contributed by atoms with Gasteiger partial charge in [-0.05, 0) is 25.1 Å². The third-order valence-corrected chi connectivity index (χ3v) is 2.53. The molecule has 0 heterocycles. The third-order valence-electron chi connectivity index (χ3n) is 2.53. The summed E-state index contributed by atoms with van der Waals surface area (Å²) in [4.78, 5) is 24.1. The molecule has 1 aromatic carbocycles. The lowest BCUT2D eigenvalue weighted by atomic mass is 10.1. The zero-order valence-corrected chi connectivity index (χ0v) is 11.0. The van der Waals surface area contributed by atoms with Gasteiger partial charge in [-0.1, -0.05) is 11.8 Å². The monoisotopic (exact) mass is 278 g/mol. The molecule has 106 valence electrons. The molecule has 0 unspecified atom stereocenters. The van der Waals surface area contributed by atoms with Crippen LogP contribution in [0.15, 0.2) is 18.2 Å². The number of halogens is 1. The first-order chi connectivity index (χ1) is 9.49. The lowest BCUT2D eigenvalue weighted by Gasteiger charge is -2.19. The lowest BCUT2D eigenvalue weighted by molar-refractivity contribution is -0.118. The molecule has 0 saturated heterocycles. The van der Waals surface area contributed by atoms with Crippen LogP contribution in [0.2, 0.25) is 0 Å². The molecule has 6 heteroatoms. The second kappa shape index (κ2) is 7.26. The van der Waals surface area contributed by atoms with E-state index in [1.807, 2.05) is 0 Å². The van der Waals surface area contributed by atoms with Crippen molar-refractivity contribution >= 4 is 11.8 Å². The number of aliphatic hydroxyl groups excluding tert-OH is 1. The van der Waals surface area contributed by atoms with Crippen LogP contribution in [0.3, 0.4) is 0 Å². The van der Waals surface area contributed by atoms with E-state index in [2.05, 4.69) is 11.8 Å².